The molecule has 0 bridgehead atoms. The van der Waals surface area contributed by atoms with Crippen molar-refractivity contribution in [2.75, 3.05) is 11.9 Å². The number of aromatic nitrogens is 1. The van der Waals surface area contributed by atoms with Gasteiger partial charge in [-0.2, -0.15) is 0 Å². The monoisotopic (exact) mass is 528 g/mol. The third kappa shape index (κ3) is 6.44. The van der Waals surface area contributed by atoms with Crippen LogP contribution in [0.1, 0.15) is 48.7 Å². The van der Waals surface area contributed by atoms with E-state index in [4.69, 9.17) is 0 Å². The van der Waals surface area contributed by atoms with Gasteiger partial charge in [0.1, 0.15) is 5.82 Å². The van der Waals surface area contributed by atoms with Crippen LogP contribution in [0.4, 0.5) is 10.1 Å². The zero-order valence-corrected chi connectivity index (χ0v) is 22.1. The van der Waals surface area contributed by atoms with Gasteiger partial charge >= 0.3 is 5.97 Å². The molecule has 0 saturated heterocycles. The summed E-state index contributed by atoms with van der Waals surface area (Å²) in [4.78, 5) is 25.4. The number of aliphatic hydroxyl groups excluding tert-OH is 1. The fourth-order valence-corrected chi connectivity index (χ4v) is 5.02. The van der Waals surface area contributed by atoms with E-state index in [1.807, 2.05) is 79.1 Å². The number of rotatable bonds is 11. The van der Waals surface area contributed by atoms with E-state index < -0.39 is 11.9 Å². The first-order valence-corrected chi connectivity index (χ1v) is 13.1. The fraction of sp³-hybridized carbons (Fsp3) is 0.250. The van der Waals surface area contributed by atoms with Gasteiger partial charge in [0.25, 0.3) is 5.91 Å². The molecule has 4 aromatic rings. The predicted molar refractivity (Wildman–Crippen MR) is 151 cm³/mol. The van der Waals surface area contributed by atoms with Crippen LogP contribution in [0.25, 0.3) is 22.4 Å². The van der Waals surface area contributed by atoms with E-state index in [1.54, 1.807) is 12.1 Å². The Balaban J connectivity index is 1.98. The number of carboxylic acid groups (broad SMARTS) is 1. The number of hydrogen-bond acceptors (Lipinski definition) is 3. The van der Waals surface area contributed by atoms with Gasteiger partial charge in [-0.25, -0.2) is 4.39 Å². The molecule has 6 nitrogen and oxygen atoms in total. The molecule has 0 spiro atoms. The van der Waals surface area contributed by atoms with Gasteiger partial charge in [0.2, 0.25) is 0 Å². The van der Waals surface area contributed by atoms with Crippen molar-refractivity contribution < 1.29 is 24.2 Å². The molecule has 0 aliphatic heterocycles. The third-order valence-electron chi connectivity index (χ3n) is 6.77. The van der Waals surface area contributed by atoms with E-state index in [2.05, 4.69) is 5.32 Å². The van der Waals surface area contributed by atoms with Crippen LogP contribution in [0.5, 0.6) is 0 Å². The largest absolute Gasteiger partial charge is 0.481 e. The van der Waals surface area contributed by atoms with Crippen LogP contribution >= 0.6 is 0 Å². The molecule has 0 aliphatic carbocycles. The van der Waals surface area contributed by atoms with E-state index in [0.717, 1.165) is 28.1 Å². The van der Waals surface area contributed by atoms with Crippen molar-refractivity contribution in [2.45, 2.75) is 39.2 Å². The highest BCUT2D eigenvalue weighted by molar-refractivity contribution is 6.12. The number of aliphatic hydroxyl groups is 1. The summed E-state index contributed by atoms with van der Waals surface area (Å²) >= 11 is 0. The lowest BCUT2D eigenvalue weighted by Gasteiger charge is -2.19. The van der Waals surface area contributed by atoms with Gasteiger partial charge in [-0.05, 0) is 65.8 Å². The predicted octanol–water partition coefficient (Wildman–Crippen LogP) is 6.81. The maximum absolute atomic E-state index is 14.0. The Bertz CT molecular complexity index is 1410. The van der Waals surface area contributed by atoms with Crippen molar-refractivity contribution >= 4 is 17.6 Å². The van der Waals surface area contributed by atoms with Crippen molar-refractivity contribution in [3.8, 4) is 22.4 Å². The minimum Gasteiger partial charge on any atom is -0.481 e. The summed E-state index contributed by atoms with van der Waals surface area (Å²) in [6.07, 6.45) is 0.229. The summed E-state index contributed by atoms with van der Waals surface area (Å²) in [6, 6.07) is 25.0. The van der Waals surface area contributed by atoms with E-state index in [9.17, 15) is 24.2 Å². The topological polar surface area (TPSA) is 91.6 Å². The molecule has 202 valence electrons. The lowest BCUT2D eigenvalue weighted by atomic mass is 9.94. The number of para-hydroxylation sites is 1. The van der Waals surface area contributed by atoms with Gasteiger partial charge in [0.05, 0.1) is 17.7 Å². The Morgan fingerprint density at radius 1 is 0.897 bits per heavy atom. The van der Waals surface area contributed by atoms with Gasteiger partial charge in [-0.1, -0.05) is 62.4 Å². The van der Waals surface area contributed by atoms with Crippen LogP contribution in [-0.4, -0.2) is 33.3 Å². The second-order valence-corrected chi connectivity index (χ2v) is 9.92. The summed E-state index contributed by atoms with van der Waals surface area (Å²) in [5.74, 6) is -2.14. The lowest BCUT2D eigenvalue weighted by Crippen LogP contribution is -2.18. The molecule has 3 N–H and O–H groups in total. The van der Waals surface area contributed by atoms with Crippen LogP contribution < -0.4 is 5.32 Å². The normalized spacial score (nSPS) is 11.9. The van der Waals surface area contributed by atoms with Crippen molar-refractivity contribution in [1.29, 1.82) is 0 Å². The van der Waals surface area contributed by atoms with Crippen LogP contribution in [0, 0.1) is 11.7 Å². The van der Waals surface area contributed by atoms with E-state index >= 15 is 0 Å². The quantitative estimate of drug-likeness (QED) is 0.199. The van der Waals surface area contributed by atoms with Crippen LogP contribution in [-0.2, 0) is 11.3 Å². The number of carboxylic acids is 1. The zero-order chi connectivity index (χ0) is 27.9. The number of carbonyl (C=O) groups is 2. The number of benzene rings is 3. The number of nitrogens with zero attached hydrogens (tertiary/aromatic N) is 1. The van der Waals surface area contributed by atoms with Crippen molar-refractivity contribution in [3.05, 3.63) is 102 Å². The Labute approximate surface area is 227 Å². The summed E-state index contributed by atoms with van der Waals surface area (Å²) < 4.78 is 16.0. The van der Waals surface area contributed by atoms with E-state index in [1.165, 1.54) is 12.1 Å². The maximum Gasteiger partial charge on any atom is 0.303 e. The summed E-state index contributed by atoms with van der Waals surface area (Å²) in [5, 5.41) is 22.2. The molecule has 1 amide bonds. The number of hydrogen-bond donors (Lipinski definition) is 3. The SMILES string of the molecule is CC(C)c1c(C(=O)Nc2ccccc2)c(-c2ccccc2)c(-c2ccc(F)cc2)n1CCC(CO)CC(=O)O. The molecular weight excluding hydrogens is 495 g/mol. The van der Waals surface area contributed by atoms with Gasteiger partial charge in [-0.15, -0.1) is 0 Å². The highest BCUT2D eigenvalue weighted by atomic mass is 19.1. The molecular formula is C32H33FN2O4. The second kappa shape index (κ2) is 12.5. The third-order valence-corrected chi connectivity index (χ3v) is 6.77. The zero-order valence-electron chi connectivity index (χ0n) is 22.1. The number of aliphatic carboxylic acids is 1. The fourth-order valence-electron chi connectivity index (χ4n) is 5.02. The average Bonchev–Trinajstić information content (AvgIpc) is 3.28. The van der Waals surface area contributed by atoms with Crippen LogP contribution in [0.3, 0.4) is 0 Å². The Kier molecular flexibility index (Phi) is 8.94. The molecule has 1 heterocycles. The number of carbonyl (C=O) groups excluding carboxylic acids is 1. The Hall–Kier alpha value is -4.23. The van der Waals surface area contributed by atoms with E-state index in [0.29, 0.717) is 24.2 Å². The molecule has 4 rings (SSSR count). The van der Waals surface area contributed by atoms with Crippen molar-refractivity contribution in [3.63, 3.8) is 0 Å². The molecule has 7 heteroatoms. The second-order valence-electron chi connectivity index (χ2n) is 9.92. The minimum atomic E-state index is -0.975. The van der Waals surface area contributed by atoms with Crippen LogP contribution in [0.2, 0.25) is 0 Å². The van der Waals surface area contributed by atoms with Gasteiger partial charge in [-0.3, -0.25) is 9.59 Å². The van der Waals surface area contributed by atoms with Crippen LogP contribution in [0.15, 0.2) is 84.9 Å². The minimum absolute atomic E-state index is 0.0785. The van der Waals surface area contributed by atoms with E-state index in [-0.39, 0.29) is 30.7 Å². The standard InChI is InChI=1S/C32H33FN2O4/c1-21(2)30-29(32(39)34-26-11-7-4-8-12-26)28(23-9-5-3-6-10-23)31(24-13-15-25(33)16-14-24)35(30)18-17-22(20-36)19-27(37)38/h3-16,21-22,36H,17-20H2,1-2H3,(H,34,39)(H,37,38). The number of nitrogens with one attached hydrogen (secondary N) is 1. The number of anilines is 1. The average molecular weight is 529 g/mol. The molecule has 1 aromatic heterocycles. The molecule has 0 saturated carbocycles. The first kappa shape index (κ1) is 27.8. The first-order valence-electron chi connectivity index (χ1n) is 13.1. The van der Waals surface area contributed by atoms with Gasteiger partial charge in [0.15, 0.2) is 0 Å². The molecule has 3 aromatic carbocycles. The Morgan fingerprint density at radius 2 is 1.51 bits per heavy atom. The summed E-state index contributed by atoms with van der Waals surface area (Å²) in [5.41, 5.74) is 4.99. The van der Waals surface area contributed by atoms with Gasteiger partial charge < -0.3 is 20.1 Å². The molecule has 0 fully saturated rings. The lowest BCUT2D eigenvalue weighted by molar-refractivity contribution is -0.138. The molecule has 1 atom stereocenters. The first-order chi connectivity index (χ1) is 18.8. The smallest absolute Gasteiger partial charge is 0.303 e. The number of amides is 1. The Morgan fingerprint density at radius 3 is 2.08 bits per heavy atom. The summed E-state index contributed by atoms with van der Waals surface area (Å²) in [6.45, 7) is 4.13. The molecule has 0 aliphatic rings. The van der Waals surface area contributed by atoms with Crippen molar-refractivity contribution in [1.82, 2.24) is 4.57 Å². The summed E-state index contributed by atoms with van der Waals surface area (Å²) in [7, 11) is 0. The molecule has 1 unspecified atom stereocenters. The number of halogens is 1. The highest BCUT2D eigenvalue weighted by Crippen LogP contribution is 2.42. The molecule has 39 heavy (non-hydrogen) atoms. The molecule has 0 radical (unpaired) electrons. The highest BCUT2D eigenvalue weighted by Gasteiger charge is 2.30. The van der Waals surface area contributed by atoms with Crippen molar-refractivity contribution in [2.24, 2.45) is 5.92 Å². The van der Waals surface area contributed by atoms with Gasteiger partial charge in [0, 0.05) is 30.1 Å². The maximum atomic E-state index is 14.0.